The van der Waals surface area contributed by atoms with E-state index in [1.807, 2.05) is 0 Å². The molecule has 1 amide bonds. The lowest BCUT2D eigenvalue weighted by molar-refractivity contribution is -0.145. The van der Waals surface area contributed by atoms with E-state index in [2.05, 4.69) is 10.1 Å². The molecule has 1 atom stereocenters. The Balaban J connectivity index is 1.61. The summed E-state index contributed by atoms with van der Waals surface area (Å²) in [6.45, 7) is -0.260. The number of carbonyl (C=O) groups excluding carboxylic acids is 3. The lowest BCUT2D eigenvalue weighted by Crippen LogP contribution is -2.31. The second kappa shape index (κ2) is 8.19. The Kier molecular flexibility index (Phi) is 5.87. The standard InChI is InChI=1S/C18H14F3NO6S/c1-26-17(25)15-9(4-5-27-15)8-28-14(23)7-13-16(24)22-11-6-10(18(19,20)21)2-3-12(11)29-13/h2-6,13H,7-8H2,1H3,(H,22,24)/t13-/m0/s1. The highest BCUT2D eigenvalue weighted by atomic mass is 32.2. The molecule has 11 heteroatoms. The van der Waals surface area contributed by atoms with Gasteiger partial charge in [-0.3, -0.25) is 9.59 Å². The number of nitrogens with one attached hydrogen (secondary N) is 1. The number of halogens is 3. The van der Waals surface area contributed by atoms with Crippen molar-refractivity contribution in [2.24, 2.45) is 0 Å². The Morgan fingerprint density at radius 1 is 1.28 bits per heavy atom. The Labute approximate surface area is 166 Å². The summed E-state index contributed by atoms with van der Waals surface area (Å²) in [5.74, 6) is -2.14. The number of esters is 2. The summed E-state index contributed by atoms with van der Waals surface area (Å²) in [5.41, 5.74) is -0.534. The van der Waals surface area contributed by atoms with Crippen LogP contribution in [0.15, 0.2) is 39.8 Å². The molecule has 0 saturated carbocycles. The first-order valence-corrected chi connectivity index (χ1v) is 9.06. The van der Waals surface area contributed by atoms with Crippen molar-refractivity contribution in [3.8, 4) is 0 Å². The molecule has 154 valence electrons. The molecule has 7 nitrogen and oxygen atoms in total. The van der Waals surface area contributed by atoms with Gasteiger partial charge in [0.25, 0.3) is 0 Å². The minimum atomic E-state index is -4.53. The van der Waals surface area contributed by atoms with Gasteiger partial charge in [0.15, 0.2) is 0 Å². The van der Waals surface area contributed by atoms with Crippen LogP contribution in [0.2, 0.25) is 0 Å². The van der Waals surface area contributed by atoms with Crippen molar-refractivity contribution in [2.45, 2.75) is 29.3 Å². The van der Waals surface area contributed by atoms with Gasteiger partial charge in [-0.15, -0.1) is 11.8 Å². The van der Waals surface area contributed by atoms with E-state index >= 15 is 0 Å². The molecule has 2 aromatic rings. The third-order valence-electron chi connectivity index (χ3n) is 3.98. The van der Waals surface area contributed by atoms with Crippen molar-refractivity contribution in [1.29, 1.82) is 0 Å². The number of hydrogen-bond acceptors (Lipinski definition) is 7. The summed E-state index contributed by atoms with van der Waals surface area (Å²) in [6.07, 6.45) is -3.59. The number of hydrogen-bond donors (Lipinski definition) is 1. The van der Waals surface area contributed by atoms with Crippen molar-refractivity contribution in [3.63, 3.8) is 0 Å². The molecular weight excluding hydrogens is 415 g/mol. The van der Waals surface area contributed by atoms with E-state index in [1.165, 1.54) is 25.5 Å². The zero-order valence-corrected chi connectivity index (χ0v) is 15.7. The van der Waals surface area contributed by atoms with Crippen LogP contribution in [0, 0.1) is 0 Å². The summed E-state index contributed by atoms with van der Waals surface area (Å²) in [6, 6.07) is 4.44. The van der Waals surface area contributed by atoms with Gasteiger partial charge in [0.2, 0.25) is 11.7 Å². The van der Waals surface area contributed by atoms with E-state index < -0.39 is 34.8 Å². The Morgan fingerprint density at radius 2 is 2.03 bits per heavy atom. The maximum atomic E-state index is 12.8. The Morgan fingerprint density at radius 3 is 2.72 bits per heavy atom. The SMILES string of the molecule is COC(=O)c1occc1COC(=O)C[C@@H]1Sc2ccc(C(F)(F)F)cc2NC1=O. The normalized spacial score (nSPS) is 16.0. The van der Waals surface area contributed by atoms with Crippen LogP contribution in [0.4, 0.5) is 18.9 Å². The van der Waals surface area contributed by atoms with Crippen molar-refractivity contribution in [2.75, 3.05) is 12.4 Å². The highest BCUT2D eigenvalue weighted by Crippen LogP contribution is 2.40. The van der Waals surface area contributed by atoms with Crippen LogP contribution in [0.25, 0.3) is 0 Å². The molecule has 0 spiro atoms. The molecule has 1 aliphatic heterocycles. The van der Waals surface area contributed by atoms with Crippen molar-refractivity contribution in [1.82, 2.24) is 0 Å². The fourth-order valence-corrected chi connectivity index (χ4v) is 3.63. The van der Waals surface area contributed by atoms with Crippen molar-refractivity contribution in [3.05, 3.63) is 47.4 Å². The first-order chi connectivity index (χ1) is 13.7. The van der Waals surface area contributed by atoms with E-state index in [0.29, 0.717) is 10.5 Å². The van der Waals surface area contributed by atoms with Crippen LogP contribution in [-0.2, 0) is 31.8 Å². The highest BCUT2D eigenvalue weighted by Gasteiger charge is 2.34. The number of carbonyl (C=O) groups is 3. The summed E-state index contributed by atoms with van der Waals surface area (Å²) in [4.78, 5) is 36.2. The number of thioether (sulfide) groups is 1. The van der Waals surface area contributed by atoms with Crippen LogP contribution in [0.1, 0.15) is 28.1 Å². The molecular formula is C18H14F3NO6S. The van der Waals surface area contributed by atoms with E-state index in [-0.39, 0.29) is 24.5 Å². The number of anilines is 1. The molecule has 3 rings (SSSR count). The van der Waals surface area contributed by atoms with Gasteiger partial charge < -0.3 is 19.2 Å². The van der Waals surface area contributed by atoms with Crippen LogP contribution < -0.4 is 5.32 Å². The van der Waals surface area contributed by atoms with Crippen LogP contribution in [0.5, 0.6) is 0 Å². The maximum Gasteiger partial charge on any atom is 0.416 e. The first-order valence-electron chi connectivity index (χ1n) is 8.18. The summed E-state index contributed by atoms with van der Waals surface area (Å²) in [7, 11) is 1.18. The molecule has 0 aliphatic carbocycles. The predicted molar refractivity (Wildman–Crippen MR) is 94.2 cm³/mol. The minimum absolute atomic E-state index is 0.0422. The van der Waals surface area contributed by atoms with Gasteiger partial charge in [0, 0.05) is 10.5 Å². The van der Waals surface area contributed by atoms with E-state index in [0.717, 1.165) is 23.9 Å². The number of amides is 1. The zero-order chi connectivity index (χ0) is 21.2. The highest BCUT2D eigenvalue weighted by molar-refractivity contribution is 8.01. The van der Waals surface area contributed by atoms with Crippen molar-refractivity contribution >= 4 is 35.3 Å². The molecule has 0 bridgehead atoms. The molecule has 1 aromatic heterocycles. The number of rotatable bonds is 5. The summed E-state index contributed by atoms with van der Waals surface area (Å²) < 4.78 is 53.0. The van der Waals surface area contributed by atoms with Gasteiger partial charge in [-0.1, -0.05) is 0 Å². The lowest BCUT2D eigenvalue weighted by atomic mass is 10.1. The average molecular weight is 429 g/mol. The van der Waals surface area contributed by atoms with Gasteiger partial charge in [0.1, 0.15) is 6.61 Å². The van der Waals surface area contributed by atoms with Crippen LogP contribution >= 0.6 is 11.8 Å². The number of methoxy groups -OCH3 is 1. The summed E-state index contributed by atoms with van der Waals surface area (Å²) in [5, 5.41) is 1.52. The number of alkyl halides is 3. The number of ether oxygens (including phenoxy) is 2. The molecule has 2 heterocycles. The molecule has 0 fully saturated rings. The van der Waals surface area contributed by atoms with Gasteiger partial charge in [-0.25, -0.2) is 4.79 Å². The van der Waals surface area contributed by atoms with Gasteiger partial charge in [-0.05, 0) is 24.3 Å². The molecule has 0 saturated heterocycles. The number of furan rings is 1. The molecule has 0 unspecified atom stereocenters. The van der Waals surface area contributed by atoms with Crippen LogP contribution in [0.3, 0.4) is 0 Å². The van der Waals surface area contributed by atoms with E-state index in [4.69, 9.17) is 9.15 Å². The Hall–Kier alpha value is -2.95. The molecule has 1 aromatic carbocycles. The zero-order valence-electron chi connectivity index (χ0n) is 14.9. The minimum Gasteiger partial charge on any atom is -0.463 e. The van der Waals surface area contributed by atoms with Gasteiger partial charge >= 0.3 is 18.1 Å². The quantitative estimate of drug-likeness (QED) is 0.726. The topological polar surface area (TPSA) is 94.8 Å². The second-order valence-electron chi connectivity index (χ2n) is 5.94. The average Bonchev–Trinajstić information content (AvgIpc) is 3.14. The van der Waals surface area contributed by atoms with Crippen molar-refractivity contribution < 1.29 is 41.4 Å². The maximum absolute atomic E-state index is 12.8. The van der Waals surface area contributed by atoms with E-state index in [1.54, 1.807) is 0 Å². The third kappa shape index (κ3) is 4.73. The number of benzene rings is 1. The molecule has 1 aliphatic rings. The predicted octanol–water partition coefficient (Wildman–Crippen LogP) is 3.63. The molecule has 1 N–H and O–H groups in total. The first kappa shape index (κ1) is 20.8. The van der Waals surface area contributed by atoms with E-state index in [9.17, 15) is 27.6 Å². The second-order valence-corrected chi connectivity index (χ2v) is 7.18. The van der Waals surface area contributed by atoms with Gasteiger partial charge in [-0.2, -0.15) is 13.2 Å². The molecule has 0 radical (unpaired) electrons. The van der Waals surface area contributed by atoms with Crippen LogP contribution in [-0.4, -0.2) is 30.2 Å². The van der Waals surface area contributed by atoms with Gasteiger partial charge in [0.05, 0.1) is 36.3 Å². The lowest BCUT2D eigenvalue weighted by Gasteiger charge is -2.24. The monoisotopic (exact) mass is 429 g/mol. The Bertz CT molecular complexity index is 955. The fourth-order valence-electron chi connectivity index (χ4n) is 2.55. The fraction of sp³-hybridized carbons (Fsp3) is 0.278. The largest absolute Gasteiger partial charge is 0.463 e. The summed E-state index contributed by atoms with van der Waals surface area (Å²) >= 11 is 0.975. The smallest absolute Gasteiger partial charge is 0.416 e. The number of fused-ring (bicyclic) bond motifs is 1. The third-order valence-corrected chi connectivity index (χ3v) is 5.26. The molecule has 29 heavy (non-hydrogen) atoms.